The number of benzene rings is 1. The van der Waals surface area contributed by atoms with Gasteiger partial charge in [-0.1, -0.05) is 17.3 Å². The molecule has 0 aliphatic heterocycles. The monoisotopic (exact) mass is 338 g/mol. The average molecular weight is 339 g/mol. The Morgan fingerprint density at radius 3 is 2.84 bits per heavy atom. The summed E-state index contributed by atoms with van der Waals surface area (Å²) in [4.78, 5) is 0.896. The lowest BCUT2D eigenvalue weighted by Gasteiger charge is -2.03. The predicted octanol–water partition coefficient (Wildman–Crippen LogP) is 4.55. The third kappa shape index (κ3) is 2.06. The van der Waals surface area contributed by atoms with E-state index in [9.17, 15) is 4.39 Å². The minimum absolute atomic E-state index is 0.192. The highest BCUT2D eigenvalue weighted by Crippen LogP contribution is 2.40. The van der Waals surface area contributed by atoms with Crippen molar-refractivity contribution in [2.75, 3.05) is 5.73 Å². The van der Waals surface area contributed by atoms with Gasteiger partial charge < -0.3 is 10.3 Å². The molecule has 0 spiro atoms. The molecule has 0 atom stereocenters. The van der Waals surface area contributed by atoms with Crippen molar-refractivity contribution in [1.82, 2.24) is 5.16 Å². The van der Waals surface area contributed by atoms with Crippen molar-refractivity contribution in [3.63, 3.8) is 0 Å². The van der Waals surface area contributed by atoms with Crippen LogP contribution in [0.5, 0.6) is 0 Å². The van der Waals surface area contributed by atoms with Crippen LogP contribution in [0, 0.1) is 5.82 Å². The van der Waals surface area contributed by atoms with Gasteiger partial charge >= 0.3 is 0 Å². The van der Waals surface area contributed by atoms with Crippen LogP contribution in [0.2, 0.25) is 0 Å². The van der Waals surface area contributed by atoms with Crippen LogP contribution in [0.25, 0.3) is 21.7 Å². The molecule has 0 saturated carbocycles. The molecule has 0 radical (unpaired) electrons. The average Bonchev–Trinajstić information content (AvgIpc) is 3.02. The number of thiophene rings is 1. The van der Waals surface area contributed by atoms with E-state index in [2.05, 4.69) is 21.1 Å². The number of nitrogens with two attached hydrogens (primary N) is 1. The standard InChI is InChI=1S/C13H8BrFN2OS/c14-8-4-1-3-7(11(8)15)12-10(13(16)18-17-12)9-5-2-6-19-9/h1-6H,16H2. The SMILES string of the molecule is Nc1onc(-c2cccc(Br)c2F)c1-c1cccs1. The van der Waals surface area contributed by atoms with Crippen LogP contribution in [0.3, 0.4) is 0 Å². The molecule has 2 N–H and O–H groups in total. The molecule has 0 unspecified atom stereocenters. The van der Waals surface area contributed by atoms with Crippen molar-refractivity contribution in [1.29, 1.82) is 0 Å². The highest BCUT2D eigenvalue weighted by Gasteiger charge is 2.21. The molecule has 0 bridgehead atoms. The van der Waals surface area contributed by atoms with E-state index in [4.69, 9.17) is 10.3 Å². The molecular weight excluding hydrogens is 331 g/mol. The summed E-state index contributed by atoms with van der Waals surface area (Å²) in [5.41, 5.74) is 7.21. The van der Waals surface area contributed by atoms with Crippen molar-refractivity contribution >= 4 is 33.2 Å². The lowest BCUT2D eigenvalue weighted by atomic mass is 10.1. The summed E-state index contributed by atoms with van der Waals surface area (Å²) in [6.45, 7) is 0. The molecule has 0 aliphatic rings. The maximum atomic E-state index is 14.2. The molecular formula is C13H8BrFN2OS. The zero-order valence-corrected chi connectivity index (χ0v) is 12.0. The molecule has 6 heteroatoms. The van der Waals surface area contributed by atoms with Crippen LogP contribution < -0.4 is 5.73 Å². The summed E-state index contributed by atoms with van der Waals surface area (Å²) in [5, 5.41) is 5.81. The van der Waals surface area contributed by atoms with Crippen LogP contribution in [0.4, 0.5) is 10.3 Å². The van der Waals surface area contributed by atoms with Gasteiger partial charge in [-0.2, -0.15) is 0 Å². The van der Waals surface area contributed by atoms with Crippen LogP contribution in [0.1, 0.15) is 0 Å². The van der Waals surface area contributed by atoms with Gasteiger partial charge in [-0.3, -0.25) is 0 Å². The van der Waals surface area contributed by atoms with Crippen LogP contribution in [0.15, 0.2) is 44.7 Å². The van der Waals surface area contributed by atoms with E-state index in [1.54, 1.807) is 18.2 Å². The fraction of sp³-hybridized carbons (Fsp3) is 0. The Hall–Kier alpha value is -1.66. The quantitative estimate of drug-likeness (QED) is 0.745. The first-order valence-corrected chi connectivity index (χ1v) is 7.09. The number of rotatable bonds is 2. The second-order valence-corrected chi connectivity index (χ2v) is 5.65. The second-order valence-electron chi connectivity index (χ2n) is 3.85. The minimum Gasteiger partial charge on any atom is -0.367 e. The highest BCUT2D eigenvalue weighted by atomic mass is 79.9. The van der Waals surface area contributed by atoms with E-state index in [0.29, 0.717) is 21.3 Å². The van der Waals surface area contributed by atoms with Crippen LogP contribution in [-0.2, 0) is 0 Å². The summed E-state index contributed by atoms with van der Waals surface area (Å²) >= 11 is 4.66. The first-order valence-electron chi connectivity index (χ1n) is 5.42. The van der Waals surface area contributed by atoms with Crippen molar-refractivity contribution < 1.29 is 8.91 Å². The van der Waals surface area contributed by atoms with E-state index >= 15 is 0 Å². The third-order valence-corrected chi connectivity index (χ3v) is 4.19. The Morgan fingerprint density at radius 2 is 2.11 bits per heavy atom. The van der Waals surface area contributed by atoms with E-state index in [1.165, 1.54) is 11.3 Å². The summed E-state index contributed by atoms with van der Waals surface area (Å²) in [6, 6.07) is 8.81. The van der Waals surface area contributed by atoms with Crippen molar-refractivity contribution in [2.24, 2.45) is 0 Å². The molecule has 3 rings (SSSR count). The number of nitrogens with zero attached hydrogens (tertiary/aromatic N) is 1. The first kappa shape index (κ1) is 12.4. The smallest absolute Gasteiger partial charge is 0.231 e. The Bertz CT molecular complexity index is 724. The predicted molar refractivity (Wildman–Crippen MR) is 77.3 cm³/mol. The van der Waals surface area contributed by atoms with Gasteiger partial charge in [-0.25, -0.2) is 4.39 Å². The zero-order chi connectivity index (χ0) is 13.4. The van der Waals surface area contributed by atoms with Crippen molar-refractivity contribution in [2.45, 2.75) is 0 Å². The number of nitrogen functional groups attached to an aromatic ring is 1. The van der Waals surface area contributed by atoms with Gasteiger partial charge in [0.2, 0.25) is 5.88 Å². The molecule has 2 heterocycles. The van der Waals surface area contributed by atoms with Gasteiger partial charge in [-0.15, -0.1) is 11.3 Å². The summed E-state index contributed by atoms with van der Waals surface area (Å²) < 4.78 is 19.6. The summed E-state index contributed by atoms with van der Waals surface area (Å²) in [7, 11) is 0. The maximum Gasteiger partial charge on any atom is 0.231 e. The molecule has 19 heavy (non-hydrogen) atoms. The molecule has 1 aromatic carbocycles. The first-order chi connectivity index (χ1) is 9.18. The molecule has 2 aromatic heterocycles. The molecule has 0 amide bonds. The Labute approximate surface area is 121 Å². The van der Waals surface area contributed by atoms with Crippen molar-refractivity contribution in [3.05, 3.63) is 46.0 Å². The van der Waals surface area contributed by atoms with Gasteiger partial charge in [0.05, 0.1) is 10.0 Å². The van der Waals surface area contributed by atoms with Gasteiger partial charge in [0.15, 0.2) is 0 Å². The summed E-state index contributed by atoms with van der Waals surface area (Å²) in [5.74, 6) is -0.189. The van der Waals surface area contributed by atoms with Gasteiger partial charge in [0, 0.05) is 10.4 Å². The molecule has 0 aliphatic carbocycles. The van der Waals surface area contributed by atoms with Crippen LogP contribution >= 0.6 is 27.3 Å². The highest BCUT2D eigenvalue weighted by molar-refractivity contribution is 9.10. The van der Waals surface area contributed by atoms with E-state index in [1.807, 2.05) is 17.5 Å². The zero-order valence-electron chi connectivity index (χ0n) is 9.56. The van der Waals surface area contributed by atoms with Crippen molar-refractivity contribution in [3.8, 4) is 21.7 Å². The number of anilines is 1. The minimum atomic E-state index is -0.381. The second kappa shape index (κ2) is 4.79. The Balaban J connectivity index is 2.25. The van der Waals surface area contributed by atoms with Crippen LogP contribution in [-0.4, -0.2) is 5.16 Å². The molecule has 3 nitrogen and oxygen atoms in total. The van der Waals surface area contributed by atoms with E-state index < -0.39 is 0 Å². The summed E-state index contributed by atoms with van der Waals surface area (Å²) in [6.07, 6.45) is 0. The fourth-order valence-corrected chi connectivity index (χ4v) is 2.97. The maximum absolute atomic E-state index is 14.2. The Morgan fingerprint density at radius 1 is 1.26 bits per heavy atom. The molecule has 0 fully saturated rings. The topological polar surface area (TPSA) is 52.0 Å². The van der Waals surface area contributed by atoms with Gasteiger partial charge in [0.25, 0.3) is 0 Å². The molecule has 96 valence electrons. The van der Waals surface area contributed by atoms with Gasteiger partial charge in [0.1, 0.15) is 11.5 Å². The number of hydrogen-bond acceptors (Lipinski definition) is 4. The lowest BCUT2D eigenvalue weighted by Crippen LogP contribution is -1.89. The molecule has 0 saturated heterocycles. The van der Waals surface area contributed by atoms with E-state index in [0.717, 1.165) is 4.88 Å². The lowest BCUT2D eigenvalue weighted by molar-refractivity contribution is 0.439. The fourth-order valence-electron chi connectivity index (χ4n) is 1.83. The van der Waals surface area contributed by atoms with Gasteiger partial charge in [-0.05, 0) is 39.5 Å². The Kier molecular flexibility index (Phi) is 3.12. The number of aromatic nitrogens is 1. The normalized spacial score (nSPS) is 10.8. The largest absolute Gasteiger partial charge is 0.367 e. The number of halogens is 2. The molecule has 3 aromatic rings. The van der Waals surface area contributed by atoms with E-state index in [-0.39, 0.29) is 11.7 Å². The number of hydrogen-bond donors (Lipinski definition) is 1. The third-order valence-electron chi connectivity index (χ3n) is 2.69.